The molecule has 4 nitrogen and oxygen atoms in total. The predicted molar refractivity (Wildman–Crippen MR) is 78.1 cm³/mol. The minimum absolute atomic E-state index is 0.297. The summed E-state index contributed by atoms with van der Waals surface area (Å²) < 4.78 is 0. The van der Waals surface area contributed by atoms with Crippen LogP contribution in [-0.2, 0) is 12.8 Å². The zero-order valence-electron chi connectivity index (χ0n) is 10.6. The molecular formula is C12H18N4S2. The standard InChI is InChI=1S/C12H18N4S2/c1-3-10-6-15-11(18-10)8(2)14-5-4-9-7-17-12(13)16-9/h6-8,14H,3-5H2,1-2H3,(H2,13,16). The maximum atomic E-state index is 5.60. The van der Waals surface area contributed by atoms with Crippen molar-refractivity contribution in [1.82, 2.24) is 15.3 Å². The summed E-state index contributed by atoms with van der Waals surface area (Å²) in [5.74, 6) is 0. The molecule has 0 fully saturated rings. The number of thiazole rings is 2. The molecule has 0 bridgehead atoms. The average molecular weight is 282 g/mol. The highest BCUT2D eigenvalue weighted by molar-refractivity contribution is 7.13. The van der Waals surface area contributed by atoms with Crippen molar-refractivity contribution in [3.63, 3.8) is 0 Å². The van der Waals surface area contributed by atoms with Crippen LogP contribution >= 0.6 is 22.7 Å². The molecule has 0 radical (unpaired) electrons. The fraction of sp³-hybridized carbons (Fsp3) is 0.500. The van der Waals surface area contributed by atoms with Gasteiger partial charge in [-0.05, 0) is 13.3 Å². The second-order valence-corrected chi connectivity index (χ2v) is 6.16. The Bertz CT molecular complexity index is 492. The Kier molecular flexibility index (Phi) is 4.68. The molecule has 0 aromatic carbocycles. The number of nitrogens with one attached hydrogen (secondary N) is 1. The second-order valence-electron chi connectivity index (χ2n) is 4.12. The number of rotatable bonds is 6. The van der Waals surface area contributed by atoms with E-state index < -0.39 is 0 Å². The molecule has 6 heteroatoms. The van der Waals surface area contributed by atoms with Crippen LogP contribution in [0.3, 0.4) is 0 Å². The van der Waals surface area contributed by atoms with E-state index in [1.807, 2.05) is 11.6 Å². The molecule has 2 aromatic rings. The molecule has 0 saturated heterocycles. The molecule has 2 aromatic heterocycles. The van der Waals surface area contributed by atoms with Crippen LogP contribution in [0.25, 0.3) is 0 Å². The van der Waals surface area contributed by atoms with Gasteiger partial charge in [-0.15, -0.1) is 22.7 Å². The van der Waals surface area contributed by atoms with Crippen molar-refractivity contribution in [3.05, 3.63) is 27.2 Å². The van der Waals surface area contributed by atoms with Gasteiger partial charge in [0.15, 0.2) is 5.13 Å². The van der Waals surface area contributed by atoms with Crippen molar-refractivity contribution >= 4 is 27.8 Å². The molecule has 98 valence electrons. The number of nitrogens with zero attached hydrogens (tertiary/aromatic N) is 2. The van der Waals surface area contributed by atoms with E-state index in [9.17, 15) is 0 Å². The van der Waals surface area contributed by atoms with Crippen molar-refractivity contribution in [1.29, 1.82) is 0 Å². The van der Waals surface area contributed by atoms with Gasteiger partial charge in [-0.25, -0.2) is 9.97 Å². The first-order chi connectivity index (χ1) is 8.69. The van der Waals surface area contributed by atoms with Gasteiger partial charge in [0.25, 0.3) is 0 Å². The smallest absolute Gasteiger partial charge is 0.180 e. The third-order valence-electron chi connectivity index (χ3n) is 2.69. The molecule has 0 aliphatic rings. The van der Waals surface area contributed by atoms with Crippen LogP contribution in [0, 0.1) is 0 Å². The number of aromatic nitrogens is 2. The van der Waals surface area contributed by atoms with Crippen LogP contribution in [0.1, 0.15) is 35.5 Å². The molecule has 0 spiro atoms. The number of hydrogen-bond donors (Lipinski definition) is 2. The maximum absolute atomic E-state index is 5.60. The Hall–Kier alpha value is -0.980. The lowest BCUT2D eigenvalue weighted by atomic mass is 10.3. The van der Waals surface area contributed by atoms with Gasteiger partial charge < -0.3 is 11.1 Å². The van der Waals surface area contributed by atoms with E-state index in [1.54, 1.807) is 11.3 Å². The van der Waals surface area contributed by atoms with Crippen molar-refractivity contribution in [3.8, 4) is 0 Å². The number of hydrogen-bond acceptors (Lipinski definition) is 6. The maximum Gasteiger partial charge on any atom is 0.180 e. The Morgan fingerprint density at radius 2 is 2.33 bits per heavy atom. The largest absolute Gasteiger partial charge is 0.375 e. The fourth-order valence-electron chi connectivity index (χ4n) is 1.63. The van der Waals surface area contributed by atoms with Crippen LogP contribution in [0.5, 0.6) is 0 Å². The molecular weight excluding hydrogens is 264 g/mol. The van der Waals surface area contributed by atoms with Gasteiger partial charge in [-0.3, -0.25) is 0 Å². The van der Waals surface area contributed by atoms with Crippen molar-refractivity contribution in [2.75, 3.05) is 12.3 Å². The average Bonchev–Trinajstić information content (AvgIpc) is 2.98. The monoisotopic (exact) mass is 282 g/mol. The predicted octanol–water partition coefficient (Wildman–Crippen LogP) is 2.64. The molecule has 2 rings (SSSR count). The first-order valence-electron chi connectivity index (χ1n) is 6.07. The van der Waals surface area contributed by atoms with Gasteiger partial charge in [0, 0.05) is 29.4 Å². The summed E-state index contributed by atoms with van der Waals surface area (Å²) in [5, 5.41) is 7.28. The van der Waals surface area contributed by atoms with Gasteiger partial charge in [0.05, 0.1) is 11.7 Å². The van der Waals surface area contributed by atoms with Crippen molar-refractivity contribution in [2.24, 2.45) is 0 Å². The Balaban J connectivity index is 1.79. The first-order valence-corrected chi connectivity index (χ1v) is 7.76. The van der Waals surface area contributed by atoms with E-state index in [0.717, 1.165) is 30.1 Å². The summed E-state index contributed by atoms with van der Waals surface area (Å²) in [6.07, 6.45) is 3.94. The number of aryl methyl sites for hydroxylation is 1. The quantitative estimate of drug-likeness (QED) is 0.855. The summed E-state index contributed by atoms with van der Waals surface area (Å²) in [4.78, 5) is 10.0. The van der Waals surface area contributed by atoms with Gasteiger partial charge in [-0.2, -0.15) is 0 Å². The highest BCUT2D eigenvalue weighted by atomic mass is 32.1. The van der Waals surface area contributed by atoms with Gasteiger partial charge in [0.2, 0.25) is 0 Å². The lowest BCUT2D eigenvalue weighted by Crippen LogP contribution is -2.21. The van der Waals surface area contributed by atoms with E-state index in [1.165, 1.54) is 16.2 Å². The molecule has 0 aliphatic heterocycles. The van der Waals surface area contributed by atoms with Crippen LogP contribution in [-0.4, -0.2) is 16.5 Å². The summed E-state index contributed by atoms with van der Waals surface area (Å²) in [6, 6.07) is 0.297. The summed E-state index contributed by atoms with van der Waals surface area (Å²) in [5.41, 5.74) is 6.66. The minimum atomic E-state index is 0.297. The number of nitrogen functional groups attached to an aromatic ring is 1. The van der Waals surface area contributed by atoms with Gasteiger partial charge in [-0.1, -0.05) is 6.92 Å². The third kappa shape index (κ3) is 3.51. The van der Waals surface area contributed by atoms with Crippen LogP contribution in [0.4, 0.5) is 5.13 Å². The lowest BCUT2D eigenvalue weighted by molar-refractivity contribution is 0.572. The van der Waals surface area contributed by atoms with E-state index in [4.69, 9.17) is 5.73 Å². The molecule has 1 unspecified atom stereocenters. The number of anilines is 1. The molecule has 3 N–H and O–H groups in total. The number of nitrogens with two attached hydrogens (primary N) is 1. The molecule has 2 heterocycles. The summed E-state index contributed by atoms with van der Waals surface area (Å²) >= 11 is 3.28. The van der Waals surface area contributed by atoms with Crippen LogP contribution in [0.2, 0.25) is 0 Å². The zero-order chi connectivity index (χ0) is 13.0. The van der Waals surface area contributed by atoms with E-state index in [2.05, 4.69) is 29.1 Å². The summed E-state index contributed by atoms with van der Waals surface area (Å²) in [6.45, 7) is 5.20. The van der Waals surface area contributed by atoms with E-state index in [-0.39, 0.29) is 0 Å². The van der Waals surface area contributed by atoms with E-state index >= 15 is 0 Å². The zero-order valence-corrected chi connectivity index (χ0v) is 12.3. The topological polar surface area (TPSA) is 63.8 Å². The van der Waals surface area contributed by atoms with E-state index in [0.29, 0.717) is 11.2 Å². The Morgan fingerprint density at radius 1 is 1.50 bits per heavy atom. The second kappa shape index (κ2) is 6.26. The normalized spacial score (nSPS) is 12.8. The third-order valence-corrected chi connectivity index (χ3v) is 4.74. The molecule has 0 amide bonds. The Labute approximate surface area is 115 Å². The van der Waals surface area contributed by atoms with Gasteiger partial charge >= 0.3 is 0 Å². The molecule has 0 saturated carbocycles. The molecule has 18 heavy (non-hydrogen) atoms. The minimum Gasteiger partial charge on any atom is -0.375 e. The molecule has 1 atom stereocenters. The molecule has 0 aliphatic carbocycles. The first kappa shape index (κ1) is 13.5. The van der Waals surface area contributed by atoms with Crippen molar-refractivity contribution < 1.29 is 0 Å². The van der Waals surface area contributed by atoms with Crippen molar-refractivity contribution in [2.45, 2.75) is 32.7 Å². The highest BCUT2D eigenvalue weighted by Crippen LogP contribution is 2.20. The SMILES string of the molecule is CCc1cnc(C(C)NCCc2csc(N)n2)s1. The highest BCUT2D eigenvalue weighted by Gasteiger charge is 2.09. The Morgan fingerprint density at radius 3 is 2.94 bits per heavy atom. The fourth-order valence-corrected chi connectivity index (χ4v) is 3.11. The van der Waals surface area contributed by atoms with Gasteiger partial charge in [0.1, 0.15) is 5.01 Å². The summed E-state index contributed by atoms with van der Waals surface area (Å²) in [7, 11) is 0. The van der Waals surface area contributed by atoms with Crippen LogP contribution < -0.4 is 11.1 Å². The lowest BCUT2D eigenvalue weighted by Gasteiger charge is -2.09. The van der Waals surface area contributed by atoms with Crippen LogP contribution in [0.15, 0.2) is 11.6 Å².